The van der Waals surface area contributed by atoms with Crippen molar-refractivity contribution in [3.63, 3.8) is 0 Å². The number of fused-ring (bicyclic) bond motifs is 1. The topological polar surface area (TPSA) is 121 Å². The van der Waals surface area contributed by atoms with Gasteiger partial charge in [-0.1, -0.05) is 12.1 Å². The second-order valence-corrected chi connectivity index (χ2v) is 12.3. The molecule has 0 unspecified atom stereocenters. The minimum Gasteiger partial charge on any atom is -0.439 e. The molecule has 5 heterocycles. The minimum absolute atomic E-state index is 0.0398. The van der Waals surface area contributed by atoms with Crippen LogP contribution < -0.4 is 20.5 Å². The van der Waals surface area contributed by atoms with Crippen LogP contribution in [0.15, 0.2) is 57.2 Å². The van der Waals surface area contributed by atoms with Crippen molar-refractivity contribution in [1.29, 1.82) is 0 Å². The Bertz CT molecular complexity index is 1640. The molecule has 0 bridgehead atoms. The maximum absolute atomic E-state index is 12.8. The van der Waals surface area contributed by atoms with E-state index in [1.165, 1.54) is 21.9 Å². The van der Waals surface area contributed by atoms with E-state index in [9.17, 15) is 13.2 Å². The summed E-state index contributed by atoms with van der Waals surface area (Å²) in [6.45, 7) is 4.59. The van der Waals surface area contributed by atoms with Crippen LogP contribution in [0.2, 0.25) is 0 Å². The maximum atomic E-state index is 12.8. The highest BCUT2D eigenvalue weighted by Gasteiger charge is 2.24. The Balaban J connectivity index is 1.18. The van der Waals surface area contributed by atoms with E-state index in [0.717, 1.165) is 22.6 Å². The van der Waals surface area contributed by atoms with Crippen molar-refractivity contribution in [1.82, 2.24) is 14.3 Å². The van der Waals surface area contributed by atoms with Gasteiger partial charge in [0.1, 0.15) is 10.5 Å². The lowest BCUT2D eigenvalue weighted by Gasteiger charge is -2.33. The van der Waals surface area contributed by atoms with E-state index in [0.29, 0.717) is 74.6 Å². The van der Waals surface area contributed by atoms with Gasteiger partial charge in [-0.05, 0) is 23.8 Å². The second-order valence-electron chi connectivity index (χ2n) is 9.45. The first-order chi connectivity index (χ1) is 18.8. The molecule has 0 aliphatic carbocycles. The molecule has 0 saturated carbocycles. The number of sulfonamides is 1. The highest BCUT2D eigenvalue weighted by Crippen LogP contribution is 2.35. The lowest BCUT2D eigenvalue weighted by molar-refractivity contribution is 0.121. The predicted octanol–water partition coefficient (Wildman–Crippen LogP) is 2.97. The minimum atomic E-state index is -3.19. The summed E-state index contributed by atoms with van der Waals surface area (Å²) >= 11 is 1.39. The van der Waals surface area contributed by atoms with Crippen molar-refractivity contribution in [3.05, 3.63) is 58.2 Å². The van der Waals surface area contributed by atoms with E-state index in [4.69, 9.17) is 9.15 Å². The van der Waals surface area contributed by atoms with E-state index >= 15 is 0 Å². The number of benzene rings is 1. The molecular weight excluding hydrogens is 540 g/mol. The van der Waals surface area contributed by atoms with Crippen LogP contribution in [0, 0.1) is 0 Å². The molecular formula is C26H28N6O5S2. The highest BCUT2D eigenvalue weighted by atomic mass is 32.2. The number of ether oxygens (including phenoxy) is 1. The van der Waals surface area contributed by atoms with Gasteiger partial charge in [-0.25, -0.2) is 13.4 Å². The summed E-state index contributed by atoms with van der Waals surface area (Å²) in [6.07, 6.45) is 2.92. The standard InChI is InChI=1S/C26H28N6O5S2/c1-39(34,35)32-10-8-30(9-11-32)22-6-7-27-26(29-22)28-19-4-2-18(3-5-19)20-17-38-25-21(33)16-23(37-24(20)25)31-12-14-36-15-13-31/h2-7,16-17H,8-15H2,1H3,(H,27,28,29). The normalized spacial score (nSPS) is 17.1. The van der Waals surface area contributed by atoms with Crippen LogP contribution in [-0.2, 0) is 14.8 Å². The zero-order valence-corrected chi connectivity index (χ0v) is 23.0. The van der Waals surface area contributed by atoms with Crippen LogP contribution in [0.5, 0.6) is 0 Å². The molecule has 6 rings (SSSR count). The maximum Gasteiger partial charge on any atom is 0.229 e. The Hall–Kier alpha value is -3.52. The zero-order chi connectivity index (χ0) is 27.0. The summed E-state index contributed by atoms with van der Waals surface area (Å²) in [4.78, 5) is 25.9. The molecule has 0 amide bonds. The van der Waals surface area contributed by atoms with Gasteiger partial charge >= 0.3 is 0 Å². The van der Waals surface area contributed by atoms with Crippen LogP contribution in [0.25, 0.3) is 21.4 Å². The molecule has 4 aromatic rings. The van der Waals surface area contributed by atoms with Crippen LogP contribution in [0.4, 0.5) is 23.3 Å². The van der Waals surface area contributed by atoms with E-state index in [-0.39, 0.29) is 5.43 Å². The van der Waals surface area contributed by atoms with Crippen molar-refractivity contribution in [2.24, 2.45) is 0 Å². The Morgan fingerprint density at radius 2 is 1.72 bits per heavy atom. The molecule has 3 aromatic heterocycles. The first-order valence-electron chi connectivity index (χ1n) is 12.6. The fraction of sp³-hybridized carbons (Fsp3) is 0.346. The second kappa shape index (κ2) is 10.6. The quantitative estimate of drug-likeness (QED) is 0.372. The van der Waals surface area contributed by atoms with E-state index < -0.39 is 10.0 Å². The van der Waals surface area contributed by atoms with Gasteiger partial charge in [0.2, 0.25) is 21.4 Å². The Morgan fingerprint density at radius 1 is 0.974 bits per heavy atom. The average Bonchev–Trinajstić information content (AvgIpc) is 3.38. The molecule has 11 nitrogen and oxygen atoms in total. The van der Waals surface area contributed by atoms with Gasteiger partial charge < -0.3 is 24.3 Å². The Kier molecular flexibility index (Phi) is 6.97. The van der Waals surface area contributed by atoms with Crippen molar-refractivity contribution in [2.75, 3.05) is 73.9 Å². The van der Waals surface area contributed by atoms with Gasteiger partial charge in [-0.2, -0.15) is 9.29 Å². The van der Waals surface area contributed by atoms with Crippen molar-refractivity contribution < 1.29 is 17.6 Å². The summed E-state index contributed by atoms with van der Waals surface area (Å²) in [5.74, 6) is 1.77. The summed E-state index contributed by atoms with van der Waals surface area (Å²) < 4.78 is 37.3. The van der Waals surface area contributed by atoms with E-state index in [1.54, 1.807) is 12.3 Å². The SMILES string of the molecule is CS(=O)(=O)N1CCN(c2ccnc(Nc3ccc(-c4csc5c(=O)cc(N6CCOCC6)oc45)cc3)n2)CC1. The van der Waals surface area contributed by atoms with Crippen LogP contribution >= 0.6 is 11.3 Å². The lowest BCUT2D eigenvalue weighted by atomic mass is 10.1. The number of rotatable bonds is 6. The van der Waals surface area contributed by atoms with Gasteiger partial charge in [0.05, 0.1) is 19.5 Å². The van der Waals surface area contributed by atoms with Crippen LogP contribution in [0.3, 0.4) is 0 Å². The molecule has 39 heavy (non-hydrogen) atoms. The number of hydrogen-bond acceptors (Lipinski definition) is 11. The van der Waals surface area contributed by atoms with Gasteiger partial charge in [-0.15, -0.1) is 11.3 Å². The molecule has 2 saturated heterocycles. The number of hydrogen-bond donors (Lipinski definition) is 1. The third-order valence-corrected chi connectivity index (χ3v) is 9.16. The number of thiophene rings is 1. The van der Waals surface area contributed by atoms with E-state index in [1.807, 2.05) is 40.6 Å². The number of nitrogens with one attached hydrogen (secondary N) is 1. The van der Waals surface area contributed by atoms with Gasteiger partial charge in [0.25, 0.3) is 0 Å². The molecule has 204 valence electrons. The Morgan fingerprint density at radius 3 is 2.44 bits per heavy atom. The third-order valence-electron chi connectivity index (χ3n) is 6.88. The number of aromatic nitrogens is 2. The number of piperazine rings is 1. The lowest BCUT2D eigenvalue weighted by Crippen LogP contribution is -2.48. The average molecular weight is 569 g/mol. The monoisotopic (exact) mass is 568 g/mol. The van der Waals surface area contributed by atoms with E-state index in [2.05, 4.69) is 20.2 Å². The highest BCUT2D eigenvalue weighted by molar-refractivity contribution is 7.88. The molecule has 2 aliphatic rings. The van der Waals surface area contributed by atoms with Crippen LogP contribution in [0.1, 0.15) is 0 Å². The fourth-order valence-electron chi connectivity index (χ4n) is 4.77. The number of anilines is 4. The fourth-order valence-corrected chi connectivity index (χ4v) is 6.50. The smallest absolute Gasteiger partial charge is 0.229 e. The summed E-state index contributed by atoms with van der Waals surface area (Å²) in [7, 11) is -3.19. The van der Waals surface area contributed by atoms with Crippen LogP contribution in [-0.4, -0.2) is 81.4 Å². The molecule has 2 fully saturated rings. The first-order valence-corrected chi connectivity index (χ1v) is 15.4. The largest absolute Gasteiger partial charge is 0.439 e. The molecule has 0 atom stereocenters. The summed E-state index contributed by atoms with van der Waals surface area (Å²) in [6, 6.07) is 11.2. The zero-order valence-electron chi connectivity index (χ0n) is 21.4. The number of morpholine rings is 1. The third kappa shape index (κ3) is 5.48. The Labute approximate surface area is 229 Å². The predicted molar refractivity (Wildman–Crippen MR) is 153 cm³/mol. The first kappa shape index (κ1) is 25.7. The summed E-state index contributed by atoms with van der Waals surface area (Å²) in [5.41, 5.74) is 3.18. The van der Waals surface area contributed by atoms with Gasteiger partial charge in [0.15, 0.2) is 11.5 Å². The molecule has 0 radical (unpaired) electrons. The van der Waals surface area contributed by atoms with Gasteiger partial charge in [0, 0.05) is 68.2 Å². The van der Waals surface area contributed by atoms with Gasteiger partial charge in [-0.3, -0.25) is 4.79 Å². The molecule has 2 aliphatic heterocycles. The molecule has 1 aromatic carbocycles. The molecule has 0 spiro atoms. The van der Waals surface area contributed by atoms with Crippen molar-refractivity contribution in [2.45, 2.75) is 0 Å². The summed E-state index contributed by atoms with van der Waals surface area (Å²) in [5, 5.41) is 5.20. The molecule has 1 N–H and O–H groups in total. The number of nitrogens with zero attached hydrogens (tertiary/aromatic N) is 5. The van der Waals surface area contributed by atoms with Crippen molar-refractivity contribution >= 4 is 55.0 Å². The van der Waals surface area contributed by atoms with Crippen molar-refractivity contribution in [3.8, 4) is 11.1 Å². The molecule has 13 heteroatoms.